The molecular formula is C26H31N3O3. The van der Waals surface area contributed by atoms with E-state index in [2.05, 4.69) is 35.2 Å². The number of hydrogen-bond acceptors (Lipinski definition) is 5. The van der Waals surface area contributed by atoms with Gasteiger partial charge in [0.25, 0.3) is 0 Å². The first-order valence-electron chi connectivity index (χ1n) is 10.9. The summed E-state index contributed by atoms with van der Waals surface area (Å²) in [5, 5.41) is 8.82. The van der Waals surface area contributed by atoms with Crippen LogP contribution in [0.4, 0.5) is 4.79 Å². The number of hydrogen-bond donors (Lipinski definition) is 0. The lowest BCUT2D eigenvalue weighted by atomic mass is 10.1. The Morgan fingerprint density at radius 3 is 2.28 bits per heavy atom. The summed E-state index contributed by atoms with van der Waals surface area (Å²) >= 11 is 0. The first-order chi connectivity index (χ1) is 15.3. The van der Waals surface area contributed by atoms with Crippen molar-refractivity contribution in [1.29, 1.82) is 5.26 Å². The van der Waals surface area contributed by atoms with Crippen molar-refractivity contribution in [2.75, 3.05) is 32.8 Å². The molecule has 0 aliphatic carbocycles. The summed E-state index contributed by atoms with van der Waals surface area (Å²) in [6, 6.07) is 17.7. The van der Waals surface area contributed by atoms with Crippen LogP contribution in [0.5, 0.6) is 5.75 Å². The Bertz CT molecular complexity index is 946. The highest BCUT2D eigenvalue weighted by Crippen LogP contribution is 2.15. The topological polar surface area (TPSA) is 65.8 Å². The highest BCUT2D eigenvalue weighted by Gasteiger charge is 2.25. The average Bonchev–Trinajstić information content (AvgIpc) is 2.77. The van der Waals surface area contributed by atoms with Crippen LogP contribution in [0.3, 0.4) is 0 Å². The molecule has 6 nitrogen and oxygen atoms in total. The molecule has 1 heterocycles. The highest BCUT2D eigenvalue weighted by molar-refractivity contribution is 5.68. The van der Waals surface area contributed by atoms with Crippen LogP contribution in [0.25, 0.3) is 6.08 Å². The Morgan fingerprint density at radius 1 is 1.03 bits per heavy atom. The number of nitrogens with zero attached hydrogens (tertiary/aromatic N) is 3. The molecule has 168 valence electrons. The summed E-state index contributed by atoms with van der Waals surface area (Å²) in [5.41, 5.74) is 2.53. The fourth-order valence-corrected chi connectivity index (χ4v) is 3.36. The van der Waals surface area contributed by atoms with Crippen molar-refractivity contribution < 1.29 is 14.3 Å². The summed E-state index contributed by atoms with van der Waals surface area (Å²) in [4.78, 5) is 16.3. The molecule has 0 saturated carbocycles. The molecule has 2 aromatic carbocycles. The number of piperazine rings is 1. The zero-order valence-electron chi connectivity index (χ0n) is 19.1. The lowest BCUT2D eigenvalue weighted by Gasteiger charge is -2.35. The number of carbonyl (C=O) groups is 1. The van der Waals surface area contributed by atoms with Crippen LogP contribution >= 0.6 is 0 Å². The third-order valence-corrected chi connectivity index (χ3v) is 5.05. The smallest absolute Gasteiger partial charge is 0.410 e. The van der Waals surface area contributed by atoms with E-state index in [1.165, 1.54) is 5.56 Å². The van der Waals surface area contributed by atoms with Gasteiger partial charge < -0.3 is 14.4 Å². The van der Waals surface area contributed by atoms with E-state index >= 15 is 0 Å². The van der Waals surface area contributed by atoms with Crippen molar-refractivity contribution in [3.05, 3.63) is 71.3 Å². The Kier molecular flexibility index (Phi) is 7.91. The third kappa shape index (κ3) is 7.44. The number of amides is 1. The number of nitriles is 1. The minimum Gasteiger partial charge on any atom is -0.490 e. The van der Waals surface area contributed by atoms with Crippen LogP contribution in [0, 0.1) is 11.3 Å². The zero-order valence-corrected chi connectivity index (χ0v) is 19.1. The number of carbonyl (C=O) groups excluding carboxylic acids is 1. The van der Waals surface area contributed by atoms with Gasteiger partial charge in [0.15, 0.2) is 0 Å². The molecule has 1 saturated heterocycles. The Labute approximate surface area is 190 Å². The van der Waals surface area contributed by atoms with Crippen LogP contribution in [0.2, 0.25) is 0 Å². The van der Waals surface area contributed by atoms with E-state index in [4.69, 9.17) is 14.7 Å². The van der Waals surface area contributed by atoms with Crippen molar-refractivity contribution >= 4 is 12.2 Å². The molecule has 1 aliphatic rings. The van der Waals surface area contributed by atoms with Crippen molar-refractivity contribution in [1.82, 2.24) is 9.80 Å². The van der Waals surface area contributed by atoms with E-state index in [1.807, 2.05) is 32.9 Å². The quantitative estimate of drug-likeness (QED) is 0.660. The second kappa shape index (κ2) is 10.8. The summed E-state index contributed by atoms with van der Waals surface area (Å²) in [6.45, 7) is 10.1. The van der Waals surface area contributed by atoms with Gasteiger partial charge in [0.2, 0.25) is 0 Å². The van der Waals surface area contributed by atoms with Gasteiger partial charge >= 0.3 is 6.09 Å². The largest absolute Gasteiger partial charge is 0.490 e. The molecule has 1 amide bonds. The lowest BCUT2D eigenvalue weighted by molar-refractivity contribution is 0.0139. The summed E-state index contributed by atoms with van der Waals surface area (Å²) in [5.74, 6) is 0.746. The second-order valence-corrected chi connectivity index (χ2v) is 8.83. The average molecular weight is 434 g/mol. The molecule has 0 radical (unpaired) electrons. The van der Waals surface area contributed by atoms with E-state index < -0.39 is 5.60 Å². The Balaban J connectivity index is 1.40. The minimum absolute atomic E-state index is 0.226. The molecule has 0 spiro atoms. The summed E-state index contributed by atoms with van der Waals surface area (Å²) in [7, 11) is 0. The minimum atomic E-state index is -0.458. The molecule has 1 fully saturated rings. The van der Waals surface area contributed by atoms with E-state index in [1.54, 1.807) is 29.2 Å². The Morgan fingerprint density at radius 2 is 1.69 bits per heavy atom. The normalized spacial score (nSPS) is 14.9. The van der Waals surface area contributed by atoms with Gasteiger partial charge in [-0.15, -0.1) is 0 Å². The van der Waals surface area contributed by atoms with Gasteiger partial charge in [-0.1, -0.05) is 30.3 Å². The number of benzene rings is 2. The third-order valence-electron chi connectivity index (χ3n) is 5.05. The maximum Gasteiger partial charge on any atom is 0.410 e. The predicted octanol–water partition coefficient (Wildman–Crippen LogP) is 4.70. The van der Waals surface area contributed by atoms with Gasteiger partial charge in [-0.3, -0.25) is 4.90 Å². The number of rotatable bonds is 6. The van der Waals surface area contributed by atoms with Gasteiger partial charge in [-0.05, 0) is 62.2 Å². The first kappa shape index (κ1) is 23.4. The molecule has 0 unspecified atom stereocenters. The molecule has 32 heavy (non-hydrogen) atoms. The molecule has 0 atom stereocenters. The predicted molar refractivity (Wildman–Crippen MR) is 125 cm³/mol. The standard InChI is InChI=1S/C26H31N3O3/c1-26(2,3)32-25(30)29-16-14-28(15-17-29)20-23-8-6-21(7-9-23)5-4-18-31-24-12-10-22(19-27)11-13-24/h4-13H,14-18,20H2,1-3H3. The number of ether oxygens (including phenoxy) is 2. The maximum absolute atomic E-state index is 12.2. The SMILES string of the molecule is CC(C)(C)OC(=O)N1CCN(Cc2ccc(C=CCOc3ccc(C#N)cc3)cc2)CC1. The maximum atomic E-state index is 12.2. The molecule has 6 heteroatoms. The van der Waals surface area contributed by atoms with Gasteiger partial charge in [0.1, 0.15) is 18.0 Å². The van der Waals surface area contributed by atoms with Crippen molar-refractivity contribution in [2.45, 2.75) is 32.9 Å². The van der Waals surface area contributed by atoms with Crippen LogP contribution in [0.15, 0.2) is 54.6 Å². The van der Waals surface area contributed by atoms with Crippen molar-refractivity contribution in [3.63, 3.8) is 0 Å². The first-order valence-corrected chi connectivity index (χ1v) is 10.9. The van der Waals surface area contributed by atoms with Crippen LogP contribution < -0.4 is 4.74 Å². The van der Waals surface area contributed by atoms with Crippen LogP contribution in [0.1, 0.15) is 37.5 Å². The monoisotopic (exact) mass is 433 g/mol. The van der Waals surface area contributed by atoms with Gasteiger partial charge in [-0.2, -0.15) is 5.26 Å². The van der Waals surface area contributed by atoms with E-state index in [-0.39, 0.29) is 6.09 Å². The Hall–Kier alpha value is -3.30. The lowest BCUT2D eigenvalue weighted by Crippen LogP contribution is -2.49. The van der Waals surface area contributed by atoms with E-state index in [0.717, 1.165) is 30.9 Å². The van der Waals surface area contributed by atoms with Gasteiger partial charge in [-0.25, -0.2) is 4.79 Å². The molecule has 2 aromatic rings. The van der Waals surface area contributed by atoms with Gasteiger partial charge in [0, 0.05) is 32.7 Å². The second-order valence-electron chi connectivity index (χ2n) is 8.83. The molecule has 0 aromatic heterocycles. The molecular weight excluding hydrogens is 402 g/mol. The van der Waals surface area contributed by atoms with E-state index in [0.29, 0.717) is 25.3 Å². The molecule has 0 bridgehead atoms. The van der Waals surface area contributed by atoms with E-state index in [9.17, 15) is 4.79 Å². The molecule has 0 N–H and O–H groups in total. The highest BCUT2D eigenvalue weighted by atomic mass is 16.6. The fraction of sp³-hybridized carbons (Fsp3) is 0.385. The van der Waals surface area contributed by atoms with Crippen LogP contribution in [-0.4, -0.2) is 54.3 Å². The van der Waals surface area contributed by atoms with Crippen molar-refractivity contribution in [2.24, 2.45) is 0 Å². The van der Waals surface area contributed by atoms with Crippen LogP contribution in [-0.2, 0) is 11.3 Å². The molecule has 1 aliphatic heterocycles. The molecule has 3 rings (SSSR count). The summed E-state index contributed by atoms with van der Waals surface area (Å²) < 4.78 is 11.1. The van der Waals surface area contributed by atoms with Gasteiger partial charge in [0.05, 0.1) is 11.6 Å². The zero-order chi connectivity index (χ0) is 23.0. The summed E-state index contributed by atoms with van der Waals surface area (Å²) in [6.07, 6.45) is 3.78. The van der Waals surface area contributed by atoms with Crippen molar-refractivity contribution in [3.8, 4) is 11.8 Å². The fourth-order valence-electron chi connectivity index (χ4n) is 3.36.